The number of methoxy groups -OCH3 is 1. The van der Waals surface area contributed by atoms with E-state index in [2.05, 4.69) is 10.6 Å². The van der Waals surface area contributed by atoms with Crippen LogP contribution < -0.4 is 25.8 Å². The molecule has 10 nitrogen and oxygen atoms in total. The highest BCUT2D eigenvalue weighted by Gasteiger charge is 2.22. The fourth-order valence-electron chi connectivity index (χ4n) is 2.99. The van der Waals surface area contributed by atoms with Gasteiger partial charge in [0, 0.05) is 12.1 Å². The predicted octanol–water partition coefficient (Wildman–Crippen LogP) is 1.27. The van der Waals surface area contributed by atoms with Gasteiger partial charge >= 0.3 is 12.0 Å². The summed E-state index contributed by atoms with van der Waals surface area (Å²) in [7, 11) is 1.43. The van der Waals surface area contributed by atoms with Crippen molar-refractivity contribution in [2.45, 2.75) is 44.8 Å². The van der Waals surface area contributed by atoms with Crippen LogP contribution in [0.3, 0.4) is 0 Å². The number of rotatable bonds is 9. The number of hydrogen-bond acceptors (Lipinski definition) is 7. The van der Waals surface area contributed by atoms with Gasteiger partial charge in [-0.2, -0.15) is 0 Å². The molecule has 1 aliphatic carbocycles. The van der Waals surface area contributed by atoms with Crippen molar-refractivity contribution in [1.29, 1.82) is 0 Å². The van der Waals surface area contributed by atoms with Crippen molar-refractivity contribution in [2.24, 2.45) is 5.73 Å². The molecule has 4 amide bonds. The van der Waals surface area contributed by atoms with Crippen molar-refractivity contribution in [3.05, 3.63) is 29.8 Å². The SMILES string of the molecule is COc1cc(/C=C/C(=O)OC(C)C(=O)NC(=O)NC2CCCC2)ccc1OCC(N)=O. The molecule has 0 aromatic heterocycles. The molecule has 0 radical (unpaired) electrons. The van der Waals surface area contributed by atoms with Crippen molar-refractivity contribution in [1.82, 2.24) is 10.6 Å². The molecule has 1 fully saturated rings. The first-order valence-corrected chi connectivity index (χ1v) is 9.87. The molecule has 0 saturated heterocycles. The summed E-state index contributed by atoms with van der Waals surface area (Å²) in [6.07, 6.45) is 5.33. The molecular weight excluding hydrogens is 406 g/mol. The first-order valence-electron chi connectivity index (χ1n) is 9.87. The van der Waals surface area contributed by atoms with E-state index in [0.29, 0.717) is 17.1 Å². The number of carbonyl (C=O) groups excluding carboxylic acids is 4. The van der Waals surface area contributed by atoms with Crippen LogP contribution >= 0.6 is 0 Å². The summed E-state index contributed by atoms with van der Waals surface area (Å²) in [6.45, 7) is 1.08. The number of esters is 1. The van der Waals surface area contributed by atoms with E-state index in [0.717, 1.165) is 31.8 Å². The van der Waals surface area contributed by atoms with E-state index in [4.69, 9.17) is 19.9 Å². The molecule has 168 valence electrons. The van der Waals surface area contributed by atoms with E-state index in [1.807, 2.05) is 0 Å². The van der Waals surface area contributed by atoms with Crippen molar-refractivity contribution in [2.75, 3.05) is 13.7 Å². The third kappa shape index (κ3) is 8.00. The van der Waals surface area contributed by atoms with E-state index < -0.39 is 29.9 Å². The van der Waals surface area contributed by atoms with Gasteiger partial charge in [-0.1, -0.05) is 18.9 Å². The Labute approximate surface area is 180 Å². The Balaban J connectivity index is 1.85. The summed E-state index contributed by atoms with van der Waals surface area (Å²) in [6, 6.07) is 4.25. The second-order valence-corrected chi connectivity index (χ2v) is 7.02. The van der Waals surface area contributed by atoms with Gasteiger partial charge in [-0.3, -0.25) is 14.9 Å². The molecule has 1 aromatic rings. The van der Waals surface area contributed by atoms with Crippen LogP contribution in [0.2, 0.25) is 0 Å². The fourth-order valence-corrected chi connectivity index (χ4v) is 2.99. The number of hydrogen-bond donors (Lipinski definition) is 3. The predicted molar refractivity (Wildman–Crippen MR) is 111 cm³/mol. The molecule has 1 aromatic carbocycles. The van der Waals surface area contributed by atoms with Gasteiger partial charge in [-0.25, -0.2) is 9.59 Å². The highest BCUT2D eigenvalue weighted by molar-refractivity contribution is 5.98. The Morgan fingerprint density at radius 1 is 1.19 bits per heavy atom. The zero-order valence-corrected chi connectivity index (χ0v) is 17.5. The maximum absolute atomic E-state index is 12.0. The normalized spacial score (nSPS) is 14.6. The minimum absolute atomic E-state index is 0.0677. The van der Waals surface area contributed by atoms with Gasteiger partial charge in [-0.15, -0.1) is 0 Å². The first-order chi connectivity index (χ1) is 14.8. The van der Waals surface area contributed by atoms with Gasteiger partial charge < -0.3 is 25.3 Å². The average Bonchev–Trinajstić information content (AvgIpc) is 3.23. The maximum atomic E-state index is 12.0. The maximum Gasteiger partial charge on any atom is 0.331 e. The second-order valence-electron chi connectivity index (χ2n) is 7.02. The highest BCUT2D eigenvalue weighted by atomic mass is 16.5. The molecule has 0 bridgehead atoms. The van der Waals surface area contributed by atoms with Crippen molar-refractivity contribution < 1.29 is 33.4 Å². The molecule has 0 heterocycles. The summed E-state index contributed by atoms with van der Waals surface area (Å²) in [5, 5.41) is 4.90. The largest absolute Gasteiger partial charge is 0.493 e. The summed E-state index contributed by atoms with van der Waals surface area (Å²) in [4.78, 5) is 46.7. The van der Waals surface area contributed by atoms with E-state index in [1.54, 1.807) is 18.2 Å². The quantitative estimate of drug-likeness (QED) is 0.393. The molecule has 0 spiro atoms. The monoisotopic (exact) mass is 433 g/mol. The highest BCUT2D eigenvalue weighted by Crippen LogP contribution is 2.28. The average molecular weight is 433 g/mol. The van der Waals surface area contributed by atoms with Crippen LogP contribution in [0.4, 0.5) is 4.79 Å². The lowest BCUT2D eigenvalue weighted by Crippen LogP contribution is -2.47. The van der Waals surface area contributed by atoms with Gasteiger partial charge in [0.05, 0.1) is 7.11 Å². The first kappa shape index (κ1) is 23.7. The zero-order valence-electron chi connectivity index (χ0n) is 17.5. The standard InChI is InChI=1S/C21H27N3O7/c1-13(20(27)24-21(28)23-15-5-3-4-6-15)31-19(26)10-8-14-7-9-16(17(11-14)29-2)30-12-18(22)25/h7-11,13,15H,3-6,12H2,1-2H3,(H2,22,25)(H2,23,24,27,28)/b10-8+. The van der Waals surface area contributed by atoms with Crippen molar-refractivity contribution in [3.63, 3.8) is 0 Å². The number of nitrogens with two attached hydrogens (primary N) is 1. The molecule has 0 aliphatic heterocycles. The number of urea groups is 1. The van der Waals surface area contributed by atoms with Gasteiger partial charge in [0.25, 0.3) is 11.8 Å². The van der Waals surface area contributed by atoms with E-state index in [-0.39, 0.29) is 12.6 Å². The van der Waals surface area contributed by atoms with Crippen LogP contribution in [-0.4, -0.2) is 49.7 Å². The number of ether oxygens (including phenoxy) is 3. The summed E-state index contributed by atoms with van der Waals surface area (Å²) in [5.74, 6) is -1.43. The van der Waals surface area contributed by atoms with Crippen molar-refractivity contribution >= 4 is 29.9 Å². The van der Waals surface area contributed by atoms with E-state index in [9.17, 15) is 19.2 Å². The van der Waals surface area contributed by atoms with E-state index >= 15 is 0 Å². The molecule has 10 heteroatoms. The number of amides is 4. The summed E-state index contributed by atoms with van der Waals surface area (Å²) in [5.41, 5.74) is 5.64. The smallest absolute Gasteiger partial charge is 0.331 e. The second kappa shape index (κ2) is 11.6. The molecule has 31 heavy (non-hydrogen) atoms. The number of imide groups is 1. The minimum Gasteiger partial charge on any atom is -0.493 e. The number of benzene rings is 1. The fraction of sp³-hybridized carbons (Fsp3) is 0.429. The Bertz CT molecular complexity index is 847. The molecule has 1 saturated carbocycles. The van der Waals surface area contributed by atoms with Gasteiger partial charge in [0.15, 0.2) is 24.2 Å². The molecule has 1 aliphatic rings. The van der Waals surface area contributed by atoms with Crippen molar-refractivity contribution in [3.8, 4) is 11.5 Å². The molecule has 1 atom stereocenters. The van der Waals surface area contributed by atoms with Crippen LogP contribution in [0, 0.1) is 0 Å². The van der Waals surface area contributed by atoms with Crippen LogP contribution in [0.15, 0.2) is 24.3 Å². The van der Waals surface area contributed by atoms with Gasteiger partial charge in [0.1, 0.15) is 0 Å². The van der Waals surface area contributed by atoms with Gasteiger partial charge in [0.2, 0.25) is 0 Å². The number of nitrogens with one attached hydrogen (secondary N) is 2. The van der Waals surface area contributed by atoms with Crippen LogP contribution in [-0.2, 0) is 19.1 Å². The molecule has 4 N–H and O–H groups in total. The zero-order chi connectivity index (χ0) is 22.8. The number of primary amides is 1. The number of carbonyl (C=O) groups is 4. The topological polar surface area (TPSA) is 146 Å². The Morgan fingerprint density at radius 2 is 1.90 bits per heavy atom. The third-order valence-electron chi connectivity index (χ3n) is 4.56. The summed E-state index contributed by atoms with van der Waals surface area (Å²) >= 11 is 0. The van der Waals surface area contributed by atoms with Crippen LogP contribution in [0.25, 0.3) is 6.08 Å². The lowest BCUT2D eigenvalue weighted by atomic mass is 10.2. The summed E-state index contributed by atoms with van der Waals surface area (Å²) < 4.78 is 15.4. The molecule has 1 unspecified atom stereocenters. The van der Waals surface area contributed by atoms with Crippen LogP contribution in [0.5, 0.6) is 11.5 Å². The lowest BCUT2D eigenvalue weighted by molar-refractivity contribution is -0.149. The molecule has 2 rings (SSSR count). The third-order valence-corrected chi connectivity index (χ3v) is 4.56. The Morgan fingerprint density at radius 3 is 2.55 bits per heavy atom. The lowest BCUT2D eigenvalue weighted by Gasteiger charge is -2.15. The Kier molecular flexibility index (Phi) is 8.86. The molecular formula is C21H27N3O7. The van der Waals surface area contributed by atoms with Crippen LogP contribution in [0.1, 0.15) is 38.2 Å². The van der Waals surface area contributed by atoms with Gasteiger partial charge in [-0.05, 0) is 43.5 Å². The minimum atomic E-state index is -1.15. The van der Waals surface area contributed by atoms with E-state index in [1.165, 1.54) is 20.1 Å². The Hall–Kier alpha value is -3.56.